The average molecular weight is 278 g/mol. The summed E-state index contributed by atoms with van der Waals surface area (Å²) in [5.41, 5.74) is 7.48. The van der Waals surface area contributed by atoms with Crippen LogP contribution >= 0.6 is 11.6 Å². The Morgan fingerprint density at radius 1 is 1.42 bits per heavy atom. The van der Waals surface area contributed by atoms with E-state index in [1.807, 2.05) is 12.1 Å². The Kier molecular flexibility index (Phi) is 4.68. The van der Waals surface area contributed by atoms with Gasteiger partial charge in [-0.25, -0.2) is 0 Å². The number of anilines is 1. The van der Waals surface area contributed by atoms with Crippen molar-refractivity contribution in [3.63, 3.8) is 0 Å². The van der Waals surface area contributed by atoms with E-state index >= 15 is 0 Å². The molecule has 2 rings (SSSR count). The van der Waals surface area contributed by atoms with Crippen LogP contribution in [-0.4, -0.2) is 19.6 Å². The van der Waals surface area contributed by atoms with Gasteiger partial charge >= 0.3 is 0 Å². The van der Waals surface area contributed by atoms with Gasteiger partial charge in [0.25, 0.3) is 0 Å². The van der Waals surface area contributed by atoms with Gasteiger partial charge in [-0.15, -0.1) is 0 Å². The van der Waals surface area contributed by atoms with Gasteiger partial charge in [-0.05, 0) is 43.5 Å². The Morgan fingerprint density at radius 3 is 2.79 bits per heavy atom. The molecule has 1 saturated carbocycles. The van der Waals surface area contributed by atoms with Crippen LogP contribution in [0, 0.1) is 17.2 Å². The van der Waals surface area contributed by atoms with Crippen LogP contribution in [0.15, 0.2) is 18.2 Å². The molecule has 4 heteroatoms. The normalized spacial score (nSPS) is 22.8. The number of nitrogens with zero attached hydrogens (tertiary/aromatic N) is 2. The molecular formula is C15H20ClN3. The highest BCUT2D eigenvalue weighted by molar-refractivity contribution is 6.33. The summed E-state index contributed by atoms with van der Waals surface area (Å²) >= 11 is 6.29. The molecule has 1 fully saturated rings. The van der Waals surface area contributed by atoms with Gasteiger partial charge in [0.2, 0.25) is 0 Å². The summed E-state index contributed by atoms with van der Waals surface area (Å²) in [5.74, 6) is 0.533. The van der Waals surface area contributed by atoms with Crippen molar-refractivity contribution >= 4 is 17.3 Å². The van der Waals surface area contributed by atoms with Crippen LogP contribution in [0.25, 0.3) is 0 Å². The molecule has 1 aromatic carbocycles. The maximum absolute atomic E-state index is 8.88. The lowest BCUT2D eigenvalue weighted by atomic mass is 9.83. The van der Waals surface area contributed by atoms with E-state index in [1.54, 1.807) is 6.07 Å². The summed E-state index contributed by atoms with van der Waals surface area (Å²) < 4.78 is 0. The standard InChI is InChI=1S/C15H20ClN3/c1-19(14-5-3-2-4-12(14)10-18)15-7-6-11(9-17)8-13(15)16/h6-8,12,14H,2-5,10,18H2,1H3. The monoisotopic (exact) mass is 277 g/mol. The van der Waals surface area contributed by atoms with Gasteiger partial charge in [0.05, 0.1) is 22.3 Å². The summed E-state index contributed by atoms with van der Waals surface area (Å²) in [4.78, 5) is 2.24. The fourth-order valence-corrected chi connectivity index (χ4v) is 3.33. The van der Waals surface area contributed by atoms with Crippen molar-refractivity contribution in [3.05, 3.63) is 28.8 Å². The third-order valence-electron chi connectivity index (χ3n) is 4.13. The molecule has 102 valence electrons. The van der Waals surface area contributed by atoms with Crippen molar-refractivity contribution in [2.45, 2.75) is 31.7 Å². The predicted molar refractivity (Wildman–Crippen MR) is 79.4 cm³/mol. The van der Waals surface area contributed by atoms with Crippen molar-refractivity contribution in [1.29, 1.82) is 5.26 Å². The zero-order valence-corrected chi connectivity index (χ0v) is 12.0. The highest BCUT2D eigenvalue weighted by Crippen LogP contribution is 2.34. The van der Waals surface area contributed by atoms with Crippen LogP contribution in [0.3, 0.4) is 0 Å². The first-order valence-corrected chi connectivity index (χ1v) is 7.17. The molecule has 0 heterocycles. The van der Waals surface area contributed by atoms with Crippen LogP contribution in [0.2, 0.25) is 5.02 Å². The molecule has 0 aromatic heterocycles. The van der Waals surface area contributed by atoms with Gasteiger partial charge in [0.1, 0.15) is 0 Å². The van der Waals surface area contributed by atoms with E-state index in [9.17, 15) is 0 Å². The minimum absolute atomic E-state index is 0.448. The van der Waals surface area contributed by atoms with Crippen LogP contribution in [0.5, 0.6) is 0 Å². The lowest BCUT2D eigenvalue weighted by Crippen LogP contribution is -2.43. The van der Waals surface area contributed by atoms with E-state index in [-0.39, 0.29) is 0 Å². The number of benzene rings is 1. The molecule has 2 atom stereocenters. The lowest BCUT2D eigenvalue weighted by molar-refractivity contribution is 0.306. The van der Waals surface area contributed by atoms with Gasteiger partial charge in [-0.1, -0.05) is 24.4 Å². The number of halogens is 1. The number of rotatable bonds is 3. The van der Waals surface area contributed by atoms with Crippen LogP contribution in [-0.2, 0) is 0 Å². The summed E-state index contributed by atoms with van der Waals surface area (Å²) in [6.45, 7) is 0.725. The second-order valence-electron chi connectivity index (χ2n) is 5.24. The van der Waals surface area contributed by atoms with Gasteiger partial charge < -0.3 is 10.6 Å². The first-order valence-electron chi connectivity index (χ1n) is 6.80. The molecule has 0 amide bonds. The second kappa shape index (κ2) is 6.27. The molecule has 3 nitrogen and oxygen atoms in total. The number of hydrogen-bond acceptors (Lipinski definition) is 3. The summed E-state index contributed by atoms with van der Waals surface area (Å²) in [5, 5.41) is 9.52. The molecule has 0 saturated heterocycles. The Bertz CT molecular complexity index is 481. The highest BCUT2D eigenvalue weighted by atomic mass is 35.5. The molecule has 0 bridgehead atoms. The van der Waals surface area contributed by atoms with Crippen molar-refractivity contribution in [1.82, 2.24) is 0 Å². The topological polar surface area (TPSA) is 53.0 Å². The number of nitriles is 1. The van der Waals surface area contributed by atoms with Gasteiger partial charge in [0.15, 0.2) is 0 Å². The molecule has 0 aliphatic heterocycles. The van der Waals surface area contributed by atoms with Gasteiger partial charge in [-0.2, -0.15) is 5.26 Å². The van der Waals surface area contributed by atoms with E-state index in [0.29, 0.717) is 22.5 Å². The van der Waals surface area contributed by atoms with Crippen LogP contribution in [0.4, 0.5) is 5.69 Å². The molecular weight excluding hydrogens is 258 g/mol. The smallest absolute Gasteiger partial charge is 0.0992 e. The van der Waals surface area contributed by atoms with E-state index in [0.717, 1.165) is 18.7 Å². The predicted octanol–water partition coefficient (Wildman–Crippen LogP) is 3.17. The van der Waals surface area contributed by atoms with Gasteiger partial charge in [-0.3, -0.25) is 0 Å². The fourth-order valence-electron chi connectivity index (χ4n) is 3.01. The van der Waals surface area contributed by atoms with E-state index in [4.69, 9.17) is 22.6 Å². The van der Waals surface area contributed by atoms with Crippen LogP contribution < -0.4 is 10.6 Å². The summed E-state index contributed by atoms with van der Waals surface area (Å²) in [7, 11) is 2.08. The molecule has 1 aliphatic rings. The van der Waals surface area contributed by atoms with Crippen molar-refractivity contribution in [3.8, 4) is 6.07 Å². The van der Waals surface area contributed by atoms with Crippen molar-refractivity contribution < 1.29 is 0 Å². The van der Waals surface area contributed by atoms with Crippen LogP contribution in [0.1, 0.15) is 31.2 Å². The molecule has 1 aromatic rings. The minimum atomic E-state index is 0.448. The molecule has 2 unspecified atom stereocenters. The second-order valence-corrected chi connectivity index (χ2v) is 5.64. The Labute approximate surface area is 120 Å². The minimum Gasteiger partial charge on any atom is -0.370 e. The van der Waals surface area contributed by atoms with E-state index in [2.05, 4.69) is 18.0 Å². The first kappa shape index (κ1) is 14.2. The molecule has 19 heavy (non-hydrogen) atoms. The Balaban J connectivity index is 2.23. The average Bonchev–Trinajstić information content (AvgIpc) is 2.46. The van der Waals surface area contributed by atoms with Gasteiger partial charge in [0, 0.05) is 13.1 Å². The first-order chi connectivity index (χ1) is 9.17. The third kappa shape index (κ3) is 3.02. The lowest BCUT2D eigenvalue weighted by Gasteiger charge is -2.39. The fraction of sp³-hybridized carbons (Fsp3) is 0.533. The Hall–Kier alpha value is -1.24. The highest BCUT2D eigenvalue weighted by Gasteiger charge is 2.28. The maximum atomic E-state index is 8.88. The van der Waals surface area contributed by atoms with E-state index < -0.39 is 0 Å². The quantitative estimate of drug-likeness (QED) is 0.923. The SMILES string of the molecule is CN(c1ccc(C#N)cc1Cl)C1CCCCC1CN. The molecule has 0 spiro atoms. The van der Waals surface area contributed by atoms with E-state index in [1.165, 1.54) is 19.3 Å². The zero-order valence-electron chi connectivity index (χ0n) is 11.3. The number of hydrogen-bond donors (Lipinski definition) is 1. The number of nitrogens with two attached hydrogens (primary N) is 1. The molecule has 0 radical (unpaired) electrons. The zero-order chi connectivity index (χ0) is 13.8. The van der Waals surface area contributed by atoms with Crippen molar-refractivity contribution in [2.24, 2.45) is 11.7 Å². The largest absolute Gasteiger partial charge is 0.370 e. The molecule has 1 aliphatic carbocycles. The summed E-state index contributed by atoms with van der Waals surface area (Å²) in [6.07, 6.45) is 4.88. The summed E-state index contributed by atoms with van der Waals surface area (Å²) in [6, 6.07) is 8.04. The molecule has 2 N–H and O–H groups in total. The maximum Gasteiger partial charge on any atom is 0.0992 e. The third-order valence-corrected chi connectivity index (χ3v) is 4.43. The van der Waals surface area contributed by atoms with Crippen molar-refractivity contribution in [2.75, 3.05) is 18.5 Å². The Morgan fingerprint density at radius 2 is 2.16 bits per heavy atom.